The molecule has 19 heavy (non-hydrogen) atoms. The molecular formula is C17H23NSi. The normalized spacial score (nSPS) is 11.2. The topological polar surface area (TPSA) is 4.41 Å². The van der Waals surface area contributed by atoms with E-state index in [0.717, 1.165) is 10.6 Å². The Kier molecular flexibility index (Phi) is 5.13. The molecule has 100 valence electrons. The third-order valence-corrected chi connectivity index (χ3v) is 2.88. The van der Waals surface area contributed by atoms with E-state index in [9.17, 15) is 0 Å². The van der Waals surface area contributed by atoms with Gasteiger partial charge in [-0.15, -0.1) is 0 Å². The van der Waals surface area contributed by atoms with Crippen LogP contribution >= 0.6 is 0 Å². The lowest BCUT2D eigenvalue weighted by Crippen LogP contribution is -2.23. The van der Waals surface area contributed by atoms with Gasteiger partial charge in [-0.05, 0) is 12.1 Å². The van der Waals surface area contributed by atoms with Crippen LogP contribution in [0.2, 0.25) is 13.1 Å². The highest BCUT2D eigenvalue weighted by molar-refractivity contribution is 6.31. The van der Waals surface area contributed by atoms with Crippen molar-refractivity contribution in [3.8, 4) is 0 Å². The maximum atomic E-state index is 4.13. The molecule has 0 bridgehead atoms. The minimum atomic E-state index is 0. The Morgan fingerprint density at radius 1 is 1.21 bits per heavy atom. The summed E-state index contributed by atoms with van der Waals surface area (Å²) in [5.41, 5.74) is 1.26. The Balaban J connectivity index is 0.000000416. The Morgan fingerprint density at radius 3 is 2.53 bits per heavy atom. The molecular weight excluding hydrogens is 246 g/mol. The van der Waals surface area contributed by atoms with Gasteiger partial charge in [0.15, 0.2) is 0 Å². The first kappa shape index (κ1) is 15.3. The zero-order valence-corrected chi connectivity index (χ0v) is 12.5. The molecule has 0 N–H and O–H groups in total. The quantitative estimate of drug-likeness (QED) is 0.598. The number of rotatable bonds is 1. The molecule has 0 amide bonds. The Hall–Kier alpha value is -1.80. The molecule has 0 atom stereocenters. The fourth-order valence-corrected chi connectivity index (χ4v) is 2.21. The summed E-state index contributed by atoms with van der Waals surface area (Å²) in [6.45, 7) is 12.4. The van der Waals surface area contributed by atoms with E-state index in [0.29, 0.717) is 9.52 Å². The molecule has 1 nitrogen and oxygen atoms in total. The summed E-state index contributed by atoms with van der Waals surface area (Å²) in [6, 6.07) is 8.44. The lowest BCUT2D eigenvalue weighted by molar-refractivity contribution is 1.17. The lowest BCUT2D eigenvalue weighted by atomic mass is 10.2. The Morgan fingerprint density at radius 2 is 1.89 bits per heavy atom. The first-order valence-corrected chi connectivity index (χ1v) is 9.20. The summed E-state index contributed by atoms with van der Waals surface area (Å²) < 4.78 is 2.18. The van der Waals surface area contributed by atoms with Crippen LogP contribution in [0.25, 0.3) is 28.9 Å². The number of benzene rings is 1. The van der Waals surface area contributed by atoms with Gasteiger partial charge in [-0.1, -0.05) is 58.0 Å². The molecule has 1 aromatic carbocycles. The van der Waals surface area contributed by atoms with Gasteiger partial charge < -0.3 is 4.40 Å². The van der Waals surface area contributed by atoms with Crippen molar-refractivity contribution in [3.63, 3.8) is 0 Å². The van der Waals surface area contributed by atoms with E-state index in [-0.39, 0.29) is 7.43 Å². The van der Waals surface area contributed by atoms with E-state index >= 15 is 0 Å². The van der Waals surface area contributed by atoms with Crippen molar-refractivity contribution in [2.24, 2.45) is 0 Å². The number of para-hydroxylation sites is 1. The molecule has 2 heterocycles. The fraction of sp³-hybridized carbons (Fsp3) is 0.176. The first-order valence-electron chi connectivity index (χ1n) is 6.37. The first-order chi connectivity index (χ1) is 8.74. The van der Waals surface area contributed by atoms with Gasteiger partial charge in [-0.2, -0.15) is 0 Å². The largest absolute Gasteiger partial charge is 0.315 e. The average Bonchev–Trinajstić information content (AvgIpc) is 2.90. The van der Waals surface area contributed by atoms with Crippen molar-refractivity contribution < 1.29 is 0 Å². The van der Waals surface area contributed by atoms with E-state index in [2.05, 4.69) is 61.1 Å². The molecule has 0 aliphatic heterocycles. The van der Waals surface area contributed by atoms with Gasteiger partial charge in [0.05, 0.1) is 10.9 Å². The molecule has 0 aliphatic rings. The molecule has 3 aromatic rings. The third-order valence-electron chi connectivity index (χ3n) is 2.88. The van der Waals surface area contributed by atoms with Crippen LogP contribution in [0.3, 0.4) is 0 Å². The Labute approximate surface area is 117 Å². The van der Waals surface area contributed by atoms with Crippen molar-refractivity contribution in [2.75, 3.05) is 0 Å². The molecule has 2 aromatic heterocycles. The highest BCUT2D eigenvalue weighted by atomic mass is 28.2. The van der Waals surface area contributed by atoms with Crippen molar-refractivity contribution in [2.45, 2.75) is 20.5 Å². The summed E-state index contributed by atoms with van der Waals surface area (Å²) in [7, 11) is 0.417. The maximum Gasteiger partial charge on any atom is 0.0607 e. The lowest BCUT2D eigenvalue weighted by Gasteiger charge is -1.88. The number of aromatic nitrogens is 1. The van der Waals surface area contributed by atoms with Crippen LogP contribution in [-0.2, 0) is 0 Å². The Bertz CT molecular complexity index is 767. The van der Waals surface area contributed by atoms with E-state index in [1.165, 1.54) is 16.3 Å². The van der Waals surface area contributed by atoms with Gasteiger partial charge in [0.2, 0.25) is 0 Å². The van der Waals surface area contributed by atoms with E-state index in [4.69, 9.17) is 0 Å². The van der Waals surface area contributed by atoms with Gasteiger partial charge in [0.25, 0.3) is 0 Å². The van der Waals surface area contributed by atoms with Gasteiger partial charge in [0, 0.05) is 31.7 Å². The zero-order valence-electron chi connectivity index (χ0n) is 11.1. The summed E-state index contributed by atoms with van der Waals surface area (Å²) in [6.07, 6.45) is 5.89. The van der Waals surface area contributed by atoms with Crippen molar-refractivity contribution in [1.29, 1.82) is 0 Å². The van der Waals surface area contributed by atoms with Gasteiger partial charge in [0.1, 0.15) is 0 Å². The minimum absolute atomic E-state index is 0. The van der Waals surface area contributed by atoms with Crippen molar-refractivity contribution in [3.05, 3.63) is 53.7 Å². The number of hydrogen-bond acceptors (Lipinski definition) is 0. The number of nitrogens with zero attached hydrogens (tertiary/aromatic N) is 1. The van der Waals surface area contributed by atoms with Crippen LogP contribution in [-0.4, -0.2) is 13.9 Å². The van der Waals surface area contributed by atoms with E-state index in [1.54, 1.807) is 6.08 Å². The van der Waals surface area contributed by atoms with Crippen molar-refractivity contribution in [1.82, 2.24) is 4.40 Å². The molecule has 0 spiro atoms. The summed E-state index contributed by atoms with van der Waals surface area (Å²) >= 11 is 0. The predicted octanol–water partition coefficient (Wildman–Crippen LogP) is 2.79. The number of hydrogen-bond donors (Lipinski definition) is 0. The molecule has 0 unspecified atom stereocenters. The standard InChI is InChI=1S/C14H11N.C2H8Si.CH4/c1-3-5-13-10(2)12-7-4-6-11-8-9-15(13)14(11)12;1-3-2;/h3-9H,1-2H2;3H2,1-2H3;1H4/b13-5+;;. The van der Waals surface area contributed by atoms with Gasteiger partial charge in [-0.3, -0.25) is 0 Å². The van der Waals surface area contributed by atoms with Crippen LogP contribution in [0.5, 0.6) is 0 Å². The number of allylic oxidation sites excluding steroid dienone is 1. The molecule has 2 heteroatoms. The SMILES string of the molecule is C.C=C/C=c1\c(=C)c2cccc3ccn1c32.C[SiH2]C. The molecule has 0 saturated carbocycles. The molecule has 0 aliphatic carbocycles. The molecule has 0 fully saturated rings. The van der Waals surface area contributed by atoms with Crippen LogP contribution in [0.1, 0.15) is 7.43 Å². The molecule has 0 saturated heterocycles. The van der Waals surface area contributed by atoms with E-state index in [1.807, 2.05) is 6.08 Å². The fourth-order valence-electron chi connectivity index (χ4n) is 2.21. The van der Waals surface area contributed by atoms with Crippen LogP contribution in [0, 0.1) is 0 Å². The van der Waals surface area contributed by atoms with Crippen LogP contribution in [0.15, 0.2) is 43.1 Å². The summed E-state index contributed by atoms with van der Waals surface area (Å²) in [5, 5.41) is 4.70. The summed E-state index contributed by atoms with van der Waals surface area (Å²) in [5.74, 6) is 0. The predicted molar refractivity (Wildman–Crippen MR) is 92.5 cm³/mol. The highest BCUT2D eigenvalue weighted by Crippen LogP contribution is 2.17. The van der Waals surface area contributed by atoms with Crippen LogP contribution < -0.4 is 10.6 Å². The third kappa shape index (κ3) is 2.49. The van der Waals surface area contributed by atoms with Gasteiger partial charge in [-0.25, -0.2) is 0 Å². The second kappa shape index (κ2) is 6.39. The minimum Gasteiger partial charge on any atom is -0.315 e. The highest BCUT2D eigenvalue weighted by Gasteiger charge is 2.06. The molecule has 3 rings (SSSR count). The average molecular weight is 269 g/mol. The van der Waals surface area contributed by atoms with Gasteiger partial charge >= 0.3 is 0 Å². The monoisotopic (exact) mass is 269 g/mol. The van der Waals surface area contributed by atoms with E-state index < -0.39 is 0 Å². The smallest absolute Gasteiger partial charge is 0.0607 e. The second-order valence-corrected chi connectivity index (χ2v) is 5.82. The second-order valence-electron chi connectivity index (χ2n) is 4.40. The van der Waals surface area contributed by atoms with Crippen LogP contribution in [0.4, 0.5) is 0 Å². The zero-order chi connectivity index (χ0) is 13.1. The van der Waals surface area contributed by atoms with Crippen molar-refractivity contribution >= 4 is 38.5 Å². The molecule has 0 radical (unpaired) electrons. The maximum absolute atomic E-state index is 4.13. The summed E-state index contributed by atoms with van der Waals surface area (Å²) in [4.78, 5) is 0.